The number of aliphatic hydroxyl groups is 1. The zero-order valence-electron chi connectivity index (χ0n) is 20.9. The molecular weight excluding hydrogens is 440 g/mol. The summed E-state index contributed by atoms with van der Waals surface area (Å²) in [5, 5.41) is 11.8. The molecule has 0 aromatic carbocycles. The van der Waals surface area contributed by atoms with Crippen molar-refractivity contribution in [1.29, 1.82) is 0 Å². The van der Waals surface area contributed by atoms with E-state index < -0.39 is 64.9 Å². The van der Waals surface area contributed by atoms with Gasteiger partial charge >= 0.3 is 17.9 Å². The number of hydrogen-bond acceptors (Lipinski definition) is 8. The predicted molar refractivity (Wildman–Crippen MR) is 122 cm³/mol. The van der Waals surface area contributed by atoms with E-state index in [0.717, 1.165) is 5.57 Å². The highest BCUT2D eigenvalue weighted by molar-refractivity contribution is 5.99. The van der Waals surface area contributed by atoms with Crippen LogP contribution in [0, 0.1) is 17.3 Å². The molecule has 0 saturated carbocycles. The summed E-state index contributed by atoms with van der Waals surface area (Å²) in [6, 6.07) is 0. The van der Waals surface area contributed by atoms with Gasteiger partial charge in [0.2, 0.25) is 0 Å². The Morgan fingerprint density at radius 1 is 1.21 bits per heavy atom. The Kier molecular flexibility index (Phi) is 7.41. The summed E-state index contributed by atoms with van der Waals surface area (Å²) in [6.45, 7) is 10.0. The lowest BCUT2D eigenvalue weighted by Gasteiger charge is -2.51. The normalized spacial score (nSPS) is 39.6. The fourth-order valence-corrected chi connectivity index (χ4v) is 5.71. The maximum Gasteiger partial charge on any atom is 0.312 e. The van der Waals surface area contributed by atoms with E-state index in [1.54, 1.807) is 19.9 Å². The molecule has 0 amide bonds. The van der Waals surface area contributed by atoms with Crippen molar-refractivity contribution in [3.05, 3.63) is 23.3 Å². The average molecular weight is 477 g/mol. The highest BCUT2D eigenvalue weighted by Crippen LogP contribution is 2.52. The third kappa shape index (κ3) is 4.32. The number of allylic oxidation sites excluding steroid dienone is 2. The lowest BCUT2D eigenvalue weighted by molar-refractivity contribution is -0.187. The topological polar surface area (TPSA) is 116 Å². The number of fused-ring (bicyclic) bond motifs is 2. The minimum Gasteiger partial charge on any atom is -0.462 e. The van der Waals surface area contributed by atoms with Crippen LogP contribution in [-0.2, 0) is 33.4 Å². The van der Waals surface area contributed by atoms with Gasteiger partial charge in [-0.15, -0.1) is 0 Å². The molecule has 8 heteroatoms. The van der Waals surface area contributed by atoms with Gasteiger partial charge in [0.25, 0.3) is 0 Å². The van der Waals surface area contributed by atoms with Crippen LogP contribution in [0.15, 0.2) is 23.3 Å². The van der Waals surface area contributed by atoms with Crippen molar-refractivity contribution in [2.75, 3.05) is 0 Å². The summed E-state index contributed by atoms with van der Waals surface area (Å²) in [6.07, 6.45) is 2.84. The summed E-state index contributed by atoms with van der Waals surface area (Å²) < 4.78 is 17.1. The van der Waals surface area contributed by atoms with E-state index in [-0.39, 0.29) is 6.42 Å². The Hall–Kier alpha value is -2.48. The Morgan fingerprint density at radius 2 is 1.88 bits per heavy atom. The van der Waals surface area contributed by atoms with Gasteiger partial charge in [-0.05, 0) is 46.1 Å². The molecule has 0 radical (unpaired) electrons. The van der Waals surface area contributed by atoms with Crippen LogP contribution < -0.4 is 0 Å². The van der Waals surface area contributed by atoms with Gasteiger partial charge < -0.3 is 19.3 Å². The smallest absolute Gasteiger partial charge is 0.312 e. The van der Waals surface area contributed by atoms with E-state index in [9.17, 15) is 24.3 Å². The molecule has 0 aromatic heterocycles. The molecule has 1 heterocycles. The van der Waals surface area contributed by atoms with Gasteiger partial charge in [-0.2, -0.15) is 0 Å². The Morgan fingerprint density at radius 3 is 2.50 bits per heavy atom. The number of rotatable bonds is 4. The molecule has 1 N–H and O–H groups in total. The van der Waals surface area contributed by atoms with Crippen molar-refractivity contribution in [2.45, 2.75) is 97.6 Å². The first-order valence-electron chi connectivity index (χ1n) is 12.0. The molecule has 1 fully saturated rings. The summed E-state index contributed by atoms with van der Waals surface area (Å²) in [7, 11) is 0. The monoisotopic (exact) mass is 476 g/mol. The van der Waals surface area contributed by atoms with Gasteiger partial charge in [0, 0.05) is 19.8 Å². The second kappa shape index (κ2) is 9.64. The second-order valence-electron chi connectivity index (χ2n) is 10.1. The van der Waals surface area contributed by atoms with Crippen molar-refractivity contribution in [1.82, 2.24) is 0 Å². The number of ketones is 1. The van der Waals surface area contributed by atoms with Crippen LogP contribution in [-0.4, -0.2) is 52.7 Å². The molecule has 1 saturated heterocycles. The predicted octanol–water partition coefficient (Wildman–Crippen LogP) is 3.20. The fourth-order valence-electron chi connectivity index (χ4n) is 5.71. The Labute approximate surface area is 200 Å². The van der Waals surface area contributed by atoms with E-state index in [4.69, 9.17) is 14.2 Å². The van der Waals surface area contributed by atoms with Gasteiger partial charge in [-0.1, -0.05) is 31.1 Å². The van der Waals surface area contributed by atoms with Crippen LogP contribution in [0.1, 0.15) is 73.6 Å². The van der Waals surface area contributed by atoms with Gasteiger partial charge in [0.05, 0.1) is 17.3 Å². The summed E-state index contributed by atoms with van der Waals surface area (Å²) in [5.74, 6) is -4.18. The third-order valence-corrected chi connectivity index (χ3v) is 7.74. The third-order valence-electron chi connectivity index (χ3n) is 7.74. The lowest BCUT2D eigenvalue weighted by Crippen LogP contribution is -2.62. The number of carbonyl (C=O) groups is 4. The van der Waals surface area contributed by atoms with E-state index in [0.29, 0.717) is 31.3 Å². The quantitative estimate of drug-likeness (QED) is 0.374. The van der Waals surface area contributed by atoms with Crippen molar-refractivity contribution >= 4 is 23.7 Å². The van der Waals surface area contributed by atoms with Gasteiger partial charge in [-0.25, -0.2) is 0 Å². The number of ether oxygens (including phenoxy) is 3. The number of Topliss-reactive ketones (excluding diaryl/α,β-unsaturated/α-hetero) is 1. The Balaban J connectivity index is 2.23. The van der Waals surface area contributed by atoms with E-state index >= 15 is 0 Å². The molecule has 0 unspecified atom stereocenters. The standard InChI is InChI=1S/C26H36O8/c1-7-8-21(28)33-19-11-9-14(2)13-20-26(31,16(4)24(30)34-20)23(29)22-15(3)10-12-18(25(19,22)6)32-17(5)27/h10,13,16,18-20,22,31H,7-9,11-12H2,1-6H3/b14-13-/t16-,18-,19+,20-,22+,25+,26+/m0/s1. The van der Waals surface area contributed by atoms with Gasteiger partial charge in [0.1, 0.15) is 12.2 Å². The molecule has 0 bridgehead atoms. The van der Waals surface area contributed by atoms with Crippen LogP contribution in [0.5, 0.6) is 0 Å². The van der Waals surface area contributed by atoms with Crippen LogP contribution in [0.25, 0.3) is 0 Å². The first-order valence-corrected chi connectivity index (χ1v) is 12.0. The Bertz CT molecular complexity index is 933. The SMILES string of the molecule is CCCC(=O)O[C@@H]1CC/C(C)=C\[C@@H]2OC(=O)[C@H](C)[C@]2(O)C(=O)[C@H]2C(C)=CC[C@H](OC(C)=O)[C@@]21C. The zero-order chi connectivity index (χ0) is 25.4. The first-order chi connectivity index (χ1) is 15.9. The lowest BCUT2D eigenvalue weighted by atomic mass is 9.57. The number of carbonyl (C=O) groups excluding carboxylic acids is 4. The molecule has 3 aliphatic rings. The van der Waals surface area contributed by atoms with E-state index in [1.807, 2.05) is 19.9 Å². The molecular formula is C26H36O8. The largest absolute Gasteiger partial charge is 0.462 e. The fraction of sp³-hybridized carbons (Fsp3) is 0.692. The van der Waals surface area contributed by atoms with Crippen LogP contribution >= 0.6 is 0 Å². The number of esters is 3. The minimum atomic E-state index is -2.10. The van der Waals surface area contributed by atoms with Gasteiger partial charge in [0.15, 0.2) is 17.5 Å². The van der Waals surface area contributed by atoms with Crippen molar-refractivity contribution in [3.63, 3.8) is 0 Å². The summed E-state index contributed by atoms with van der Waals surface area (Å²) in [5.41, 5.74) is -1.79. The molecule has 3 rings (SSSR count). The first kappa shape index (κ1) is 26.1. The molecule has 34 heavy (non-hydrogen) atoms. The van der Waals surface area contributed by atoms with Gasteiger partial charge in [-0.3, -0.25) is 19.2 Å². The molecule has 8 nitrogen and oxygen atoms in total. The summed E-state index contributed by atoms with van der Waals surface area (Å²) in [4.78, 5) is 51.4. The van der Waals surface area contributed by atoms with Crippen molar-refractivity contribution in [3.8, 4) is 0 Å². The average Bonchev–Trinajstić information content (AvgIpc) is 2.96. The molecule has 7 atom stereocenters. The van der Waals surface area contributed by atoms with Crippen LogP contribution in [0.3, 0.4) is 0 Å². The molecule has 1 aliphatic heterocycles. The van der Waals surface area contributed by atoms with Crippen molar-refractivity contribution in [2.24, 2.45) is 17.3 Å². The molecule has 0 aromatic rings. The second-order valence-corrected chi connectivity index (χ2v) is 10.1. The number of hydrogen-bond donors (Lipinski definition) is 1. The highest BCUT2D eigenvalue weighted by atomic mass is 16.6. The minimum absolute atomic E-state index is 0.221. The van der Waals surface area contributed by atoms with Crippen LogP contribution in [0.4, 0.5) is 0 Å². The summed E-state index contributed by atoms with van der Waals surface area (Å²) >= 11 is 0. The maximum absolute atomic E-state index is 14.2. The zero-order valence-corrected chi connectivity index (χ0v) is 20.9. The maximum atomic E-state index is 14.2. The molecule has 188 valence electrons. The van der Waals surface area contributed by atoms with E-state index in [2.05, 4.69) is 0 Å². The molecule has 2 aliphatic carbocycles. The van der Waals surface area contributed by atoms with Crippen molar-refractivity contribution < 1.29 is 38.5 Å². The molecule has 0 spiro atoms. The van der Waals surface area contributed by atoms with E-state index in [1.165, 1.54) is 13.8 Å². The van der Waals surface area contributed by atoms with Crippen LogP contribution in [0.2, 0.25) is 0 Å². The highest BCUT2D eigenvalue weighted by Gasteiger charge is 2.65.